The van der Waals surface area contributed by atoms with Crippen LogP contribution < -0.4 is 0 Å². The molecule has 0 radical (unpaired) electrons. The van der Waals surface area contributed by atoms with Crippen molar-refractivity contribution in [2.45, 2.75) is 39.3 Å². The van der Waals surface area contributed by atoms with Crippen LogP contribution in [0.3, 0.4) is 0 Å². The fourth-order valence-electron chi connectivity index (χ4n) is 1.17. The van der Waals surface area contributed by atoms with Crippen LogP contribution in [-0.4, -0.2) is 11.6 Å². The molecule has 64 valence electrons. The Kier molecular flexibility index (Phi) is 1.10. The van der Waals surface area contributed by atoms with Crippen molar-refractivity contribution in [2.75, 3.05) is 0 Å². The van der Waals surface area contributed by atoms with Gasteiger partial charge in [-0.25, -0.2) is 0 Å². The van der Waals surface area contributed by atoms with Gasteiger partial charge in [-0.2, -0.15) is 19.6 Å². The normalized spacial score (nSPS) is 53.5. The van der Waals surface area contributed by atoms with Crippen LogP contribution in [0.2, 0.25) is 0 Å². The van der Waals surface area contributed by atoms with Crippen molar-refractivity contribution in [3.05, 3.63) is 0 Å². The summed E-state index contributed by atoms with van der Waals surface area (Å²) >= 11 is 0. The monoisotopic (exact) mass is 160 g/mol. The Balaban J connectivity index is 2.46. The maximum absolute atomic E-state index is 5.01. The van der Waals surface area contributed by atoms with Gasteiger partial charge in [0.05, 0.1) is 5.41 Å². The SMILES string of the molecule is CC12OOC(C)(OO1)C2(C)C. The summed E-state index contributed by atoms with van der Waals surface area (Å²) in [5.41, 5.74) is -0.292. The summed E-state index contributed by atoms with van der Waals surface area (Å²) in [5, 5.41) is 0. The zero-order chi connectivity index (χ0) is 8.33. The first-order valence-corrected chi connectivity index (χ1v) is 3.65. The summed E-state index contributed by atoms with van der Waals surface area (Å²) in [7, 11) is 0. The standard InChI is InChI=1S/C7H12O4/c1-5(2)6(3)8-10-7(5,4)11-9-6/h1-4H3. The predicted octanol–water partition coefficient (Wildman–Crippen LogP) is 1.37. The van der Waals surface area contributed by atoms with Crippen LogP contribution in [0.5, 0.6) is 0 Å². The highest BCUT2D eigenvalue weighted by Crippen LogP contribution is 2.58. The Bertz CT molecular complexity index is 171. The molecule has 4 nitrogen and oxygen atoms in total. The van der Waals surface area contributed by atoms with E-state index in [0.29, 0.717) is 0 Å². The smallest absolute Gasteiger partial charge is 0.194 e. The van der Waals surface area contributed by atoms with Gasteiger partial charge in [-0.15, -0.1) is 0 Å². The number of rotatable bonds is 0. The van der Waals surface area contributed by atoms with Gasteiger partial charge >= 0.3 is 0 Å². The zero-order valence-electron chi connectivity index (χ0n) is 7.13. The Morgan fingerprint density at radius 3 is 1.00 bits per heavy atom. The Morgan fingerprint density at radius 1 is 0.636 bits per heavy atom. The lowest BCUT2D eigenvalue weighted by atomic mass is 9.78. The van der Waals surface area contributed by atoms with Gasteiger partial charge in [-0.3, -0.25) is 0 Å². The van der Waals surface area contributed by atoms with Gasteiger partial charge in [0.1, 0.15) is 0 Å². The molecule has 2 fully saturated rings. The molecule has 0 saturated carbocycles. The van der Waals surface area contributed by atoms with E-state index in [1.54, 1.807) is 13.8 Å². The van der Waals surface area contributed by atoms with E-state index >= 15 is 0 Å². The van der Waals surface area contributed by atoms with Crippen LogP contribution in [0, 0.1) is 5.41 Å². The summed E-state index contributed by atoms with van der Waals surface area (Å²) in [6, 6.07) is 0. The maximum atomic E-state index is 5.01. The molecule has 2 saturated heterocycles. The van der Waals surface area contributed by atoms with Crippen molar-refractivity contribution in [3.8, 4) is 0 Å². The lowest BCUT2D eigenvalue weighted by molar-refractivity contribution is -0.583. The van der Waals surface area contributed by atoms with Crippen LogP contribution in [-0.2, 0) is 19.6 Å². The molecular formula is C7H12O4. The van der Waals surface area contributed by atoms with Crippen LogP contribution in [0.25, 0.3) is 0 Å². The van der Waals surface area contributed by atoms with E-state index in [1.807, 2.05) is 13.8 Å². The minimum Gasteiger partial charge on any atom is -0.194 e. The van der Waals surface area contributed by atoms with Crippen molar-refractivity contribution in [3.63, 3.8) is 0 Å². The summed E-state index contributed by atoms with van der Waals surface area (Å²) in [6.07, 6.45) is 0. The lowest BCUT2D eigenvalue weighted by Gasteiger charge is -2.25. The van der Waals surface area contributed by atoms with E-state index in [2.05, 4.69) is 0 Å². The van der Waals surface area contributed by atoms with Gasteiger partial charge in [0, 0.05) is 0 Å². The lowest BCUT2D eigenvalue weighted by Crippen LogP contribution is -2.41. The van der Waals surface area contributed by atoms with Gasteiger partial charge in [0.25, 0.3) is 0 Å². The zero-order valence-corrected chi connectivity index (χ0v) is 7.13. The third-order valence-corrected chi connectivity index (χ3v) is 2.99. The average Bonchev–Trinajstić information content (AvgIpc) is 2.19. The van der Waals surface area contributed by atoms with E-state index < -0.39 is 11.6 Å². The Hall–Kier alpha value is -0.160. The first kappa shape index (κ1) is 7.49. The van der Waals surface area contributed by atoms with Crippen molar-refractivity contribution in [1.29, 1.82) is 0 Å². The van der Waals surface area contributed by atoms with Crippen LogP contribution in [0.15, 0.2) is 0 Å². The molecule has 0 amide bonds. The highest BCUT2D eigenvalue weighted by molar-refractivity contribution is 4.98. The molecule has 0 aliphatic carbocycles. The predicted molar refractivity (Wildman–Crippen MR) is 34.9 cm³/mol. The van der Waals surface area contributed by atoms with E-state index in [4.69, 9.17) is 19.6 Å². The quantitative estimate of drug-likeness (QED) is 0.501. The molecule has 2 aliphatic rings. The van der Waals surface area contributed by atoms with Gasteiger partial charge in [-0.05, 0) is 27.7 Å². The second kappa shape index (κ2) is 1.61. The molecule has 2 bridgehead atoms. The van der Waals surface area contributed by atoms with E-state index in [0.717, 1.165) is 0 Å². The van der Waals surface area contributed by atoms with Gasteiger partial charge < -0.3 is 0 Å². The number of hydrogen-bond acceptors (Lipinski definition) is 4. The highest BCUT2D eigenvalue weighted by Gasteiger charge is 2.72. The Morgan fingerprint density at radius 2 is 0.909 bits per heavy atom. The molecule has 2 rings (SSSR count). The summed E-state index contributed by atoms with van der Waals surface area (Å²) in [4.78, 5) is 20.0. The third kappa shape index (κ3) is 0.597. The molecule has 0 aromatic heterocycles. The second-order valence-electron chi connectivity index (χ2n) is 3.85. The van der Waals surface area contributed by atoms with Crippen molar-refractivity contribution in [1.82, 2.24) is 0 Å². The molecule has 0 aromatic carbocycles. The molecule has 2 aliphatic heterocycles. The van der Waals surface area contributed by atoms with Crippen molar-refractivity contribution >= 4 is 0 Å². The average molecular weight is 160 g/mol. The van der Waals surface area contributed by atoms with E-state index in [1.165, 1.54) is 0 Å². The maximum Gasteiger partial charge on any atom is 0.241 e. The highest BCUT2D eigenvalue weighted by atomic mass is 17.4. The minimum atomic E-state index is -0.776. The van der Waals surface area contributed by atoms with Gasteiger partial charge in [0.15, 0.2) is 0 Å². The van der Waals surface area contributed by atoms with E-state index in [9.17, 15) is 0 Å². The van der Waals surface area contributed by atoms with Crippen LogP contribution >= 0.6 is 0 Å². The molecule has 0 unspecified atom stereocenters. The summed E-state index contributed by atoms with van der Waals surface area (Å²) < 4.78 is 0. The Labute approximate surface area is 65.2 Å². The molecular weight excluding hydrogens is 148 g/mol. The third-order valence-electron chi connectivity index (χ3n) is 2.99. The summed E-state index contributed by atoms with van der Waals surface area (Å²) in [5.74, 6) is -1.55. The number of fused-ring (bicyclic) bond motifs is 2. The first-order valence-electron chi connectivity index (χ1n) is 3.65. The van der Waals surface area contributed by atoms with E-state index in [-0.39, 0.29) is 5.41 Å². The minimum absolute atomic E-state index is 0.292. The topological polar surface area (TPSA) is 36.9 Å². The molecule has 0 N–H and O–H groups in total. The largest absolute Gasteiger partial charge is 0.241 e. The molecule has 0 atom stereocenters. The van der Waals surface area contributed by atoms with Crippen LogP contribution in [0.1, 0.15) is 27.7 Å². The molecule has 2 heterocycles. The second-order valence-corrected chi connectivity index (χ2v) is 3.85. The fourth-order valence-corrected chi connectivity index (χ4v) is 1.17. The number of hydrogen-bond donors (Lipinski definition) is 0. The van der Waals surface area contributed by atoms with Gasteiger partial charge in [0.2, 0.25) is 11.6 Å². The fraction of sp³-hybridized carbons (Fsp3) is 1.00. The summed E-state index contributed by atoms with van der Waals surface area (Å²) in [6.45, 7) is 7.55. The van der Waals surface area contributed by atoms with Crippen molar-refractivity contribution < 1.29 is 19.6 Å². The van der Waals surface area contributed by atoms with Crippen molar-refractivity contribution in [2.24, 2.45) is 5.41 Å². The molecule has 4 heteroatoms. The van der Waals surface area contributed by atoms with Crippen LogP contribution in [0.4, 0.5) is 0 Å². The first-order chi connectivity index (χ1) is 4.91. The molecule has 0 aromatic rings. The van der Waals surface area contributed by atoms with Gasteiger partial charge in [-0.1, -0.05) is 0 Å². The molecule has 11 heavy (non-hydrogen) atoms. The molecule has 0 spiro atoms.